The van der Waals surface area contributed by atoms with Gasteiger partial charge in [0.2, 0.25) is 5.82 Å². The maximum absolute atomic E-state index is 14.5. The molecule has 0 aromatic heterocycles. The summed E-state index contributed by atoms with van der Waals surface area (Å²) in [6, 6.07) is 18.9. The molecule has 1 unspecified atom stereocenters. The van der Waals surface area contributed by atoms with Crippen molar-refractivity contribution in [3.05, 3.63) is 89.5 Å². The van der Waals surface area contributed by atoms with E-state index in [9.17, 15) is 8.78 Å². The lowest BCUT2D eigenvalue weighted by atomic mass is 9.96. The van der Waals surface area contributed by atoms with Crippen molar-refractivity contribution in [1.82, 2.24) is 0 Å². The summed E-state index contributed by atoms with van der Waals surface area (Å²) < 4.78 is 39.9. The molecule has 0 fully saturated rings. The summed E-state index contributed by atoms with van der Waals surface area (Å²) >= 11 is 0. The summed E-state index contributed by atoms with van der Waals surface area (Å²) in [6.07, 6.45) is 5.58. The van der Waals surface area contributed by atoms with Crippen molar-refractivity contribution < 1.29 is 18.3 Å². The van der Waals surface area contributed by atoms with Gasteiger partial charge in [0, 0.05) is 5.56 Å². The number of benzene rings is 3. The zero-order valence-corrected chi connectivity index (χ0v) is 18.5. The van der Waals surface area contributed by atoms with E-state index in [1.807, 2.05) is 24.3 Å². The first-order valence-electron chi connectivity index (χ1n) is 11.2. The number of halogens is 2. The Morgan fingerprint density at radius 3 is 2.09 bits per heavy atom. The van der Waals surface area contributed by atoms with Gasteiger partial charge in [-0.1, -0.05) is 68.0 Å². The summed E-state index contributed by atoms with van der Waals surface area (Å²) in [7, 11) is 0. The van der Waals surface area contributed by atoms with Crippen LogP contribution in [0.5, 0.6) is 5.75 Å². The van der Waals surface area contributed by atoms with Crippen LogP contribution in [0.25, 0.3) is 22.3 Å². The molecule has 0 radical (unpaired) electrons. The molecule has 3 aromatic rings. The molecule has 166 valence electrons. The molecule has 0 saturated heterocycles. The second-order valence-electron chi connectivity index (χ2n) is 8.02. The van der Waals surface area contributed by atoms with Crippen LogP contribution in [0.3, 0.4) is 0 Å². The van der Waals surface area contributed by atoms with E-state index in [0.29, 0.717) is 12.2 Å². The van der Waals surface area contributed by atoms with E-state index < -0.39 is 11.6 Å². The molecular weight excluding hydrogens is 406 g/mol. The fourth-order valence-electron chi connectivity index (χ4n) is 4.09. The maximum atomic E-state index is 14.5. The minimum absolute atomic E-state index is 0.0653. The van der Waals surface area contributed by atoms with Crippen molar-refractivity contribution >= 4 is 0 Å². The number of ether oxygens (including phenoxy) is 2. The van der Waals surface area contributed by atoms with Crippen LogP contribution in [-0.2, 0) is 4.74 Å². The zero-order valence-electron chi connectivity index (χ0n) is 18.5. The summed E-state index contributed by atoms with van der Waals surface area (Å²) in [5, 5.41) is 0. The molecule has 1 aliphatic heterocycles. The van der Waals surface area contributed by atoms with E-state index >= 15 is 0 Å². The highest BCUT2D eigenvalue weighted by Gasteiger charge is 2.17. The Bertz CT molecular complexity index is 1090. The van der Waals surface area contributed by atoms with Crippen LogP contribution >= 0.6 is 0 Å². The van der Waals surface area contributed by atoms with Gasteiger partial charge >= 0.3 is 0 Å². The Labute approximate surface area is 188 Å². The van der Waals surface area contributed by atoms with Crippen LogP contribution in [0.4, 0.5) is 8.78 Å². The van der Waals surface area contributed by atoms with Gasteiger partial charge < -0.3 is 9.47 Å². The van der Waals surface area contributed by atoms with Crippen LogP contribution in [0, 0.1) is 11.6 Å². The van der Waals surface area contributed by atoms with Gasteiger partial charge in [-0.3, -0.25) is 0 Å². The van der Waals surface area contributed by atoms with Gasteiger partial charge in [-0.05, 0) is 59.7 Å². The van der Waals surface area contributed by atoms with Gasteiger partial charge in [0.05, 0.1) is 19.3 Å². The van der Waals surface area contributed by atoms with Gasteiger partial charge in [-0.2, -0.15) is 4.39 Å². The summed E-state index contributed by atoms with van der Waals surface area (Å²) in [5.74, 6) is -1.91. The molecule has 0 aliphatic carbocycles. The second-order valence-corrected chi connectivity index (χ2v) is 8.02. The van der Waals surface area contributed by atoms with Crippen molar-refractivity contribution in [2.75, 3.05) is 13.2 Å². The maximum Gasteiger partial charge on any atom is 0.201 e. The third-order valence-corrected chi connectivity index (χ3v) is 5.82. The Hall–Kier alpha value is -2.98. The van der Waals surface area contributed by atoms with Crippen molar-refractivity contribution in [1.29, 1.82) is 0 Å². The predicted molar refractivity (Wildman–Crippen MR) is 125 cm³/mol. The first kappa shape index (κ1) is 22.2. The Morgan fingerprint density at radius 1 is 0.844 bits per heavy atom. The van der Waals surface area contributed by atoms with Crippen LogP contribution < -0.4 is 4.74 Å². The molecule has 0 saturated carbocycles. The lowest BCUT2D eigenvalue weighted by Gasteiger charge is -2.23. The van der Waals surface area contributed by atoms with E-state index in [1.54, 1.807) is 13.0 Å². The van der Waals surface area contributed by atoms with Crippen LogP contribution in [0.1, 0.15) is 44.8 Å². The summed E-state index contributed by atoms with van der Waals surface area (Å²) in [5.41, 5.74) is 5.49. The lowest BCUT2D eigenvalue weighted by molar-refractivity contribution is 0.0599. The lowest BCUT2D eigenvalue weighted by Crippen LogP contribution is -2.11. The molecule has 4 heteroatoms. The van der Waals surface area contributed by atoms with Crippen molar-refractivity contribution in [2.24, 2.45) is 0 Å². The second kappa shape index (κ2) is 10.1. The molecule has 1 heterocycles. The molecule has 0 spiro atoms. The molecule has 4 rings (SSSR count). The van der Waals surface area contributed by atoms with Crippen LogP contribution in [0.2, 0.25) is 0 Å². The molecule has 2 nitrogen and oxygen atoms in total. The van der Waals surface area contributed by atoms with Gasteiger partial charge in [0.15, 0.2) is 11.6 Å². The first-order valence-corrected chi connectivity index (χ1v) is 11.2. The van der Waals surface area contributed by atoms with Gasteiger partial charge in [0.25, 0.3) is 0 Å². The van der Waals surface area contributed by atoms with Crippen molar-refractivity contribution in [3.63, 3.8) is 0 Å². The molecule has 0 bridgehead atoms. The minimum Gasteiger partial charge on any atom is -0.491 e. The topological polar surface area (TPSA) is 18.5 Å². The standard InChI is InChI=1S/C28H28F2O2/c1-3-5-19-6-16-25(32-18-19)23-13-9-21(10-14-23)20-7-11-22(12-8-20)24-15-17-26(31-4-2)28(30)27(24)29/h6-15,17,25H,3-5,16,18H2,1-2H3. The Balaban J connectivity index is 1.49. The molecule has 32 heavy (non-hydrogen) atoms. The predicted octanol–water partition coefficient (Wildman–Crippen LogP) is 7.89. The van der Waals surface area contributed by atoms with Gasteiger partial charge in [-0.15, -0.1) is 0 Å². The molecule has 1 aliphatic rings. The van der Waals surface area contributed by atoms with E-state index in [0.717, 1.165) is 30.4 Å². The average molecular weight is 435 g/mol. The fourth-order valence-corrected chi connectivity index (χ4v) is 4.09. The van der Waals surface area contributed by atoms with Crippen molar-refractivity contribution in [3.8, 4) is 28.0 Å². The highest BCUT2D eigenvalue weighted by Crippen LogP contribution is 2.33. The summed E-state index contributed by atoms with van der Waals surface area (Å²) in [4.78, 5) is 0. The molecule has 3 aromatic carbocycles. The van der Waals surface area contributed by atoms with E-state index in [-0.39, 0.29) is 24.0 Å². The average Bonchev–Trinajstić information content (AvgIpc) is 2.83. The smallest absolute Gasteiger partial charge is 0.201 e. The largest absolute Gasteiger partial charge is 0.491 e. The Morgan fingerprint density at radius 2 is 1.50 bits per heavy atom. The highest BCUT2D eigenvalue weighted by molar-refractivity contribution is 5.71. The van der Waals surface area contributed by atoms with Crippen molar-refractivity contribution in [2.45, 2.75) is 39.2 Å². The first-order chi connectivity index (χ1) is 15.6. The zero-order chi connectivity index (χ0) is 22.5. The summed E-state index contributed by atoms with van der Waals surface area (Å²) in [6.45, 7) is 4.92. The fraction of sp³-hybridized carbons (Fsp3) is 0.286. The number of hydrogen-bond donors (Lipinski definition) is 0. The van der Waals surface area contributed by atoms with Gasteiger partial charge in [-0.25, -0.2) is 4.39 Å². The third-order valence-electron chi connectivity index (χ3n) is 5.82. The number of hydrogen-bond acceptors (Lipinski definition) is 2. The quantitative estimate of drug-likeness (QED) is 0.352. The van der Waals surface area contributed by atoms with Crippen LogP contribution in [0.15, 0.2) is 72.3 Å². The number of rotatable bonds is 7. The molecule has 0 N–H and O–H groups in total. The minimum atomic E-state index is -0.953. The Kier molecular flexibility index (Phi) is 7.01. The van der Waals surface area contributed by atoms with E-state index in [4.69, 9.17) is 9.47 Å². The highest BCUT2D eigenvalue weighted by atomic mass is 19.2. The molecule has 0 amide bonds. The molecular formula is C28H28F2O2. The third kappa shape index (κ3) is 4.76. The van der Waals surface area contributed by atoms with Crippen LogP contribution in [-0.4, -0.2) is 13.2 Å². The molecule has 1 atom stereocenters. The van der Waals surface area contributed by atoms with E-state index in [1.165, 1.54) is 17.2 Å². The monoisotopic (exact) mass is 434 g/mol. The SMILES string of the molecule is CCCC1=CCC(c2ccc(-c3ccc(-c4ccc(OCC)c(F)c4F)cc3)cc2)OC1. The van der Waals surface area contributed by atoms with Gasteiger partial charge in [0.1, 0.15) is 0 Å². The normalized spacial score (nSPS) is 16.0. The van der Waals surface area contributed by atoms with E-state index in [2.05, 4.69) is 37.3 Å².